The van der Waals surface area contributed by atoms with Crippen LogP contribution in [0.5, 0.6) is 0 Å². The first kappa shape index (κ1) is 13.1. The van der Waals surface area contributed by atoms with E-state index in [9.17, 15) is 0 Å². The Morgan fingerprint density at radius 3 is 2.58 bits per heavy atom. The molecule has 3 rings (SSSR count). The van der Waals surface area contributed by atoms with Gasteiger partial charge in [-0.25, -0.2) is 4.45 Å². The molecule has 1 unspecified atom stereocenters. The molecule has 1 aromatic carbocycles. The molecule has 1 atom stereocenters. The van der Waals surface area contributed by atoms with E-state index in [2.05, 4.69) is 69.4 Å². The van der Waals surface area contributed by atoms with Crippen LogP contribution >= 0.6 is 28.4 Å². The SMILES string of the molecule is IPn1cc(-c2ccc(C#CC3CCC3)cc2)cn1. The summed E-state index contributed by atoms with van der Waals surface area (Å²) in [5, 5.41) is 4.31. The van der Waals surface area contributed by atoms with Gasteiger partial charge < -0.3 is 0 Å². The van der Waals surface area contributed by atoms with Crippen molar-refractivity contribution in [3.8, 4) is 23.0 Å². The van der Waals surface area contributed by atoms with Gasteiger partial charge in [-0.1, -0.05) is 30.4 Å². The van der Waals surface area contributed by atoms with Gasteiger partial charge in [0.05, 0.1) is 12.6 Å². The molecular weight excluding hydrogens is 366 g/mol. The Kier molecular flexibility index (Phi) is 4.20. The third-order valence-corrected chi connectivity index (χ3v) is 5.31. The highest BCUT2D eigenvalue weighted by atomic mass is 127. The van der Waals surface area contributed by atoms with Gasteiger partial charge in [0, 0.05) is 23.2 Å². The van der Waals surface area contributed by atoms with Gasteiger partial charge in [0.1, 0.15) is 0 Å². The Balaban J connectivity index is 1.75. The Bertz CT molecular complexity index is 618. The molecule has 1 aliphatic carbocycles. The zero-order valence-corrected chi connectivity index (χ0v) is 13.6. The van der Waals surface area contributed by atoms with Gasteiger partial charge in [0.25, 0.3) is 0 Å². The van der Waals surface area contributed by atoms with E-state index in [-0.39, 0.29) is 0 Å². The van der Waals surface area contributed by atoms with Crippen molar-refractivity contribution in [3.63, 3.8) is 0 Å². The highest BCUT2D eigenvalue weighted by molar-refractivity contribution is 14.2. The molecule has 0 radical (unpaired) electrons. The Morgan fingerprint density at radius 2 is 2.00 bits per heavy atom. The fraction of sp³-hybridized carbons (Fsp3) is 0.267. The molecule has 1 fully saturated rings. The minimum atomic E-state index is 0.641. The van der Waals surface area contributed by atoms with Crippen LogP contribution in [0, 0.1) is 17.8 Å². The van der Waals surface area contributed by atoms with Gasteiger partial charge in [-0.15, -0.1) is 0 Å². The average Bonchev–Trinajstić information content (AvgIpc) is 2.86. The van der Waals surface area contributed by atoms with Gasteiger partial charge in [-0.2, -0.15) is 5.10 Å². The van der Waals surface area contributed by atoms with Gasteiger partial charge >= 0.3 is 0 Å². The number of aromatic nitrogens is 2. The van der Waals surface area contributed by atoms with Crippen LogP contribution in [0.3, 0.4) is 0 Å². The minimum Gasteiger partial charge on any atom is -0.245 e. The first-order valence-corrected chi connectivity index (χ1v) is 10.4. The third-order valence-electron chi connectivity index (χ3n) is 3.41. The summed E-state index contributed by atoms with van der Waals surface area (Å²) in [4.78, 5) is 0. The molecule has 1 saturated carbocycles. The number of nitrogens with zero attached hydrogens (tertiary/aromatic N) is 2. The predicted octanol–water partition coefficient (Wildman–Crippen LogP) is 4.49. The maximum absolute atomic E-state index is 4.31. The van der Waals surface area contributed by atoms with Crippen molar-refractivity contribution in [1.29, 1.82) is 0 Å². The molecule has 4 heteroatoms. The summed E-state index contributed by atoms with van der Waals surface area (Å²) in [7, 11) is 0. The van der Waals surface area contributed by atoms with Crippen molar-refractivity contribution in [2.24, 2.45) is 5.92 Å². The van der Waals surface area contributed by atoms with E-state index in [0.717, 1.165) is 5.56 Å². The van der Waals surface area contributed by atoms with E-state index in [1.165, 1.54) is 30.4 Å². The quantitative estimate of drug-likeness (QED) is 0.427. The lowest BCUT2D eigenvalue weighted by molar-refractivity contribution is 0.401. The van der Waals surface area contributed by atoms with E-state index in [0.29, 0.717) is 12.3 Å². The van der Waals surface area contributed by atoms with Crippen molar-refractivity contribution >= 4 is 28.4 Å². The summed E-state index contributed by atoms with van der Waals surface area (Å²) >= 11 is 2.33. The molecule has 19 heavy (non-hydrogen) atoms. The van der Waals surface area contributed by atoms with Crippen LogP contribution in [-0.4, -0.2) is 9.55 Å². The van der Waals surface area contributed by atoms with Gasteiger partial charge in [0.2, 0.25) is 0 Å². The monoisotopic (exact) mass is 380 g/mol. The molecule has 0 bridgehead atoms. The third kappa shape index (κ3) is 3.19. The molecule has 0 amide bonds. The zero-order valence-electron chi connectivity index (χ0n) is 10.4. The van der Waals surface area contributed by atoms with Crippen molar-refractivity contribution in [2.75, 3.05) is 0 Å². The van der Waals surface area contributed by atoms with Crippen LogP contribution in [-0.2, 0) is 0 Å². The summed E-state index contributed by atoms with van der Waals surface area (Å²) < 4.78 is 1.96. The van der Waals surface area contributed by atoms with Crippen LogP contribution in [0.15, 0.2) is 36.7 Å². The second kappa shape index (κ2) is 6.07. The van der Waals surface area contributed by atoms with E-state index < -0.39 is 0 Å². The first-order valence-electron chi connectivity index (χ1n) is 6.38. The van der Waals surface area contributed by atoms with Crippen LogP contribution in [0.25, 0.3) is 11.1 Å². The lowest BCUT2D eigenvalue weighted by atomic mass is 9.86. The number of hydrogen-bond donors (Lipinski definition) is 0. The van der Waals surface area contributed by atoms with Gasteiger partial charge in [0.15, 0.2) is 0 Å². The largest absolute Gasteiger partial charge is 0.245 e. The molecule has 0 N–H and O–H groups in total. The standard InChI is InChI=1S/C15H14IN2P/c16-19-18-11-15(10-17-18)14-8-6-13(7-9-14)5-4-12-2-1-3-12/h6-12,19H,1-3H2. The molecule has 96 valence electrons. The predicted molar refractivity (Wildman–Crippen MR) is 89.6 cm³/mol. The second-order valence-corrected chi connectivity index (χ2v) is 6.81. The fourth-order valence-electron chi connectivity index (χ4n) is 2.00. The zero-order chi connectivity index (χ0) is 13.1. The summed E-state index contributed by atoms with van der Waals surface area (Å²) in [6.07, 6.45) is 8.56. The fourth-order valence-corrected chi connectivity index (χ4v) is 3.08. The van der Waals surface area contributed by atoms with Crippen molar-refractivity contribution < 1.29 is 0 Å². The van der Waals surface area contributed by atoms with Crippen LogP contribution in [0.4, 0.5) is 0 Å². The lowest BCUT2D eigenvalue weighted by Crippen LogP contribution is -2.07. The second-order valence-electron chi connectivity index (χ2n) is 4.73. The molecule has 2 aromatic rings. The van der Waals surface area contributed by atoms with E-state index in [1.807, 2.05) is 10.6 Å². The Labute approximate surface area is 128 Å². The van der Waals surface area contributed by atoms with E-state index in [4.69, 9.17) is 0 Å². The van der Waals surface area contributed by atoms with Crippen molar-refractivity contribution in [3.05, 3.63) is 42.2 Å². The molecule has 1 aromatic heterocycles. The molecular formula is C15H14IN2P. The maximum Gasteiger partial charge on any atom is 0.0677 e. The number of benzene rings is 1. The number of rotatable bonds is 2. The van der Waals surface area contributed by atoms with Gasteiger partial charge in [-0.05, 0) is 52.6 Å². The Hall–Kier alpha value is -0.850. The average molecular weight is 380 g/mol. The number of hydrogen-bond acceptors (Lipinski definition) is 1. The topological polar surface area (TPSA) is 17.8 Å². The minimum absolute atomic E-state index is 0.641. The molecule has 1 heterocycles. The summed E-state index contributed by atoms with van der Waals surface area (Å²) in [5.74, 6) is 7.25. The molecule has 2 nitrogen and oxygen atoms in total. The van der Waals surface area contributed by atoms with E-state index >= 15 is 0 Å². The Morgan fingerprint density at radius 1 is 1.21 bits per heavy atom. The van der Waals surface area contributed by atoms with E-state index in [1.54, 1.807) is 0 Å². The maximum atomic E-state index is 4.31. The smallest absolute Gasteiger partial charge is 0.0677 e. The van der Waals surface area contributed by atoms with Crippen molar-refractivity contribution in [2.45, 2.75) is 19.3 Å². The van der Waals surface area contributed by atoms with Crippen molar-refractivity contribution in [1.82, 2.24) is 9.55 Å². The molecule has 0 aliphatic heterocycles. The van der Waals surface area contributed by atoms with Crippen LogP contribution in [0.1, 0.15) is 24.8 Å². The highest BCUT2D eigenvalue weighted by Crippen LogP contribution is 2.27. The summed E-state index contributed by atoms with van der Waals surface area (Å²) in [5.41, 5.74) is 3.48. The molecule has 0 spiro atoms. The number of halogens is 1. The first-order chi connectivity index (χ1) is 9.35. The molecule has 1 aliphatic rings. The molecule has 0 saturated heterocycles. The normalized spacial score (nSPS) is 15.2. The summed E-state index contributed by atoms with van der Waals surface area (Å²) in [6.45, 7) is 0. The lowest BCUT2D eigenvalue weighted by Gasteiger charge is -2.18. The highest BCUT2D eigenvalue weighted by Gasteiger charge is 2.13. The summed E-state index contributed by atoms with van der Waals surface area (Å²) in [6, 6.07) is 8.46. The van der Waals surface area contributed by atoms with Crippen LogP contribution in [0.2, 0.25) is 0 Å². The van der Waals surface area contributed by atoms with Crippen LogP contribution < -0.4 is 0 Å². The van der Waals surface area contributed by atoms with Gasteiger partial charge in [-0.3, -0.25) is 0 Å².